The number of carbonyl (C=O) groups excluding carboxylic acids is 2. The molecule has 0 saturated heterocycles. The first kappa shape index (κ1) is 12.2. The summed E-state index contributed by atoms with van der Waals surface area (Å²) >= 11 is 0. The van der Waals surface area contributed by atoms with Gasteiger partial charge in [0.15, 0.2) is 0 Å². The van der Waals surface area contributed by atoms with Gasteiger partial charge in [0, 0.05) is 18.3 Å². The summed E-state index contributed by atoms with van der Waals surface area (Å²) in [5.41, 5.74) is 6.75. The van der Waals surface area contributed by atoms with Gasteiger partial charge in [-0.1, -0.05) is 0 Å². The number of hydrogen-bond donors (Lipinski definition) is 3. The van der Waals surface area contributed by atoms with E-state index in [4.69, 9.17) is 5.73 Å². The summed E-state index contributed by atoms with van der Waals surface area (Å²) in [7, 11) is 0. The second-order valence-corrected chi connectivity index (χ2v) is 3.54. The molecule has 86 valence electrons. The molecule has 16 heavy (non-hydrogen) atoms. The Morgan fingerprint density at radius 3 is 1.94 bits per heavy atom. The molecule has 0 aromatic heterocycles. The number of nitrogens with one attached hydrogen (secondary N) is 2. The zero-order valence-corrected chi connectivity index (χ0v) is 9.28. The first-order chi connectivity index (χ1) is 7.49. The highest BCUT2D eigenvalue weighted by Gasteiger charge is 2.06. The third-order valence-electron chi connectivity index (χ3n) is 1.89. The Balaban J connectivity index is 2.64. The van der Waals surface area contributed by atoms with Crippen molar-refractivity contribution in [1.82, 2.24) is 0 Å². The fourth-order valence-electron chi connectivity index (χ4n) is 1.10. The summed E-state index contributed by atoms with van der Waals surface area (Å²) in [6, 6.07) is 6.27. The first-order valence-electron chi connectivity index (χ1n) is 4.93. The average molecular weight is 221 g/mol. The number of carbonyl (C=O) groups is 2. The predicted molar refractivity (Wildman–Crippen MR) is 63.0 cm³/mol. The zero-order valence-electron chi connectivity index (χ0n) is 9.28. The monoisotopic (exact) mass is 221 g/mol. The van der Waals surface area contributed by atoms with Gasteiger partial charge in [-0.25, -0.2) is 0 Å². The maximum atomic E-state index is 11.3. The summed E-state index contributed by atoms with van der Waals surface area (Å²) in [6.45, 7) is 3.05. The van der Waals surface area contributed by atoms with Crippen LogP contribution in [0.5, 0.6) is 0 Å². The summed E-state index contributed by atoms with van der Waals surface area (Å²) in [4.78, 5) is 22.0. The van der Waals surface area contributed by atoms with Crippen molar-refractivity contribution < 1.29 is 9.59 Å². The van der Waals surface area contributed by atoms with Crippen LogP contribution in [0.3, 0.4) is 0 Å². The SMILES string of the molecule is CC(=O)Nc1ccc(NC(=O)[C@@H](C)N)cc1. The molecule has 0 fully saturated rings. The van der Waals surface area contributed by atoms with E-state index in [9.17, 15) is 9.59 Å². The molecule has 0 aliphatic rings. The van der Waals surface area contributed by atoms with Crippen molar-refractivity contribution >= 4 is 23.2 Å². The van der Waals surface area contributed by atoms with E-state index in [0.717, 1.165) is 0 Å². The maximum absolute atomic E-state index is 11.3. The molecule has 5 heteroatoms. The summed E-state index contributed by atoms with van der Waals surface area (Å²) in [6.07, 6.45) is 0. The van der Waals surface area contributed by atoms with Crippen molar-refractivity contribution in [3.8, 4) is 0 Å². The molecule has 1 aromatic rings. The molecular formula is C11H15N3O2. The number of benzene rings is 1. The van der Waals surface area contributed by atoms with E-state index in [1.165, 1.54) is 6.92 Å². The molecule has 0 aliphatic carbocycles. The van der Waals surface area contributed by atoms with Crippen LogP contribution in [0.2, 0.25) is 0 Å². The Morgan fingerprint density at radius 2 is 1.56 bits per heavy atom. The number of amides is 2. The van der Waals surface area contributed by atoms with Gasteiger partial charge in [-0.2, -0.15) is 0 Å². The van der Waals surface area contributed by atoms with Gasteiger partial charge < -0.3 is 16.4 Å². The minimum Gasteiger partial charge on any atom is -0.326 e. The molecule has 0 aliphatic heterocycles. The second kappa shape index (κ2) is 5.27. The van der Waals surface area contributed by atoms with Crippen molar-refractivity contribution in [2.75, 3.05) is 10.6 Å². The van der Waals surface area contributed by atoms with Crippen LogP contribution in [0.1, 0.15) is 13.8 Å². The molecule has 0 unspecified atom stereocenters. The number of nitrogens with two attached hydrogens (primary N) is 1. The predicted octanol–water partition coefficient (Wildman–Crippen LogP) is 0.931. The smallest absolute Gasteiger partial charge is 0.240 e. The zero-order chi connectivity index (χ0) is 12.1. The maximum Gasteiger partial charge on any atom is 0.240 e. The van der Waals surface area contributed by atoms with Crippen molar-refractivity contribution in [1.29, 1.82) is 0 Å². The topological polar surface area (TPSA) is 84.2 Å². The minimum atomic E-state index is -0.546. The Labute approximate surface area is 94.0 Å². The van der Waals surface area contributed by atoms with Gasteiger partial charge in [-0.15, -0.1) is 0 Å². The average Bonchev–Trinajstić information content (AvgIpc) is 2.20. The molecule has 5 nitrogen and oxygen atoms in total. The molecular weight excluding hydrogens is 206 g/mol. The van der Waals surface area contributed by atoms with Crippen LogP contribution >= 0.6 is 0 Å². The standard InChI is InChI=1S/C11H15N3O2/c1-7(12)11(16)14-10-5-3-9(4-6-10)13-8(2)15/h3-7H,12H2,1-2H3,(H,13,15)(H,14,16)/t7-/m1/s1. The van der Waals surface area contributed by atoms with Crippen LogP contribution in [-0.4, -0.2) is 17.9 Å². The normalized spacial score (nSPS) is 11.7. The van der Waals surface area contributed by atoms with Crippen LogP contribution < -0.4 is 16.4 Å². The first-order valence-corrected chi connectivity index (χ1v) is 4.93. The van der Waals surface area contributed by atoms with E-state index < -0.39 is 6.04 Å². The van der Waals surface area contributed by atoms with E-state index in [1.807, 2.05) is 0 Å². The molecule has 1 aromatic carbocycles. The van der Waals surface area contributed by atoms with Crippen LogP contribution in [0.4, 0.5) is 11.4 Å². The fraction of sp³-hybridized carbons (Fsp3) is 0.273. The van der Waals surface area contributed by atoms with E-state index in [2.05, 4.69) is 10.6 Å². The van der Waals surface area contributed by atoms with Gasteiger partial charge in [0.25, 0.3) is 0 Å². The lowest BCUT2D eigenvalue weighted by atomic mass is 10.2. The molecule has 2 amide bonds. The summed E-state index contributed by atoms with van der Waals surface area (Å²) in [5, 5.41) is 5.28. The third-order valence-corrected chi connectivity index (χ3v) is 1.89. The molecule has 0 bridgehead atoms. The van der Waals surface area contributed by atoms with Crippen LogP contribution in [0.15, 0.2) is 24.3 Å². The van der Waals surface area contributed by atoms with E-state index in [-0.39, 0.29) is 11.8 Å². The molecule has 1 atom stereocenters. The highest BCUT2D eigenvalue weighted by Crippen LogP contribution is 2.13. The van der Waals surface area contributed by atoms with Crippen molar-refractivity contribution in [3.63, 3.8) is 0 Å². The highest BCUT2D eigenvalue weighted by atomic mass is 16.2. The second-order valence-electron chi connectivity index (χ2n) is 3.54. The van der Waals surface area contributed by atoms with Crippen LogP contribution in [0, 0.1) is 0 Å². The van der Waals surface area contributed by atoms with Gasteiger partial charge in [0.05, 0.1) is 6.04 Å². The van der Waals surface area contributed by atoms with Crippen molar-refractivity contribution in [2.24, 2.45) is 5.73 Å². The Hall–Kier alpha value is -1.88. The van der Waals surface area contributed by atoms with Crippen molar-refractivity contribution in [2.45, 2.75) is 19.9 Å². The lowest BCUT2D eigenvalue weighted by Gasteiger charge is -2.08. The van der Waals surface area contributed by atoms with E-state index >= 15 is 0 Å². The number of hydrogen-bond acceptors (Lipinski definition) is 3. The highest BCUT2D eigenvalue weighted by molar-refractivity contribution is 5.95. The van der Waals surface area contributed by atoms with Gasteiger partial charge >= 0.3 is 0 Å². The Morgan fingerprint density at radius 1 is 1.12 bits per heavy atom. The quantitative estimate of drug-likeness (QED) is 0.710. The van der Waals surface area contributed by atoms with Crippen LogP contribution in [0.25, 0.3) is 0 Å². The summed E-state index contributed by atoms with van der Waals surface area (Å²) in [5.74, 6) is -0.375. The summed E-state index contributed by atoms with van der Waals surface area (Å²) < 4.78 is 0. The van der Waals surface area contributed by atoms with E-state index in [0.29, 0.717) is 11.4 Å². The number of rotatable bonds is 3. The Kier molecular flexibility index (Phi) is 4.02. The van der Waals surface area contributed by atoms with Gasteiger partial charge in [0.2, 0.25) is 11.8 Å². The van der Waals surface area contributed by atoms with Gasteiger partial charge in [0.1, 0.15) is 0 Å². The lowest BCUT2D eigenvalue weighted by Crippen LogP contribution is -2.32. The van der Waals surface area contributed by atoms with Gasteiger partial charge in [-0.05, 0) is 31.2 Å². The molecule has 1 rings (SSSR count). The number of anilines is 2. The lowest BCUT2D eigenvalue weighted by molar-refractivity contribution is -0.117. The van der Waals surface area contributed by atoms with Gasteiger partial charge in [-0.3, -0.25) is 9.59 Å². The van der Waals surface area contributed by atoms with E-state index in [1.54, 1.807) is 31.2 Å². The van der Waals surface area contributed by atoms with Crippen molar-refractivity contribution in [3.05, 3.63) is 24.3 Å². The molecule has 0 radical (unpaired) electrons. The molecule has 0 saturated carbocycles. The third kappa shape index (κ3) is 3.70. The van der Waals surface area contributed by atoms with Crippen LogP contribution in [-0.2, 0) is 9.59 Å². The fourth-order valence-corrected chi connectivity index (χ4v) is 1.10. The molecule has 0 heterocycles. The molecule has 4 N–H and O–H groups in total. The molecule has 0 spiro atoms. The largest absolute Gasteiger partial charge is 0.326 e. The Bertz CT molecular complexity index is 385. The minimum absolute atomic E-state index is 0.132.